The Morgan fingerprint density at radius 1 is 1.47 bits per heavy atom. The summed E-state index contributed by atoms with van der Waals surface area (Å²) >= 11 is 0.881. The quantitative estimate of drug-likeness (QED) is 0.467. The predicted molar refractivity (Wildman–Crippen MR) is 56.3 cm³/mol. The fraction of sp³-hybridized carbons (Fsp3) is 0.857. The number of hydrogen-bond acceptors (Lipinski definition) is 5. The molecule has 90 valence electrons. The van der Waals surface area contributed by atoms with Crippen LogP contribution in [0.5, 0.6) is 0 Å². The third-order valence-electron chi connectivity index (χ3n) is 1.52. The van der Waals surface area contributed by atoms with E-state index in [1.807, 2.05) is 0 Å². The molecule has 0 aliphatic carbocycles. The van der Waals surface area contributed by atoms with Crippen LogP contribution in [0.4, 0.5) is 0 Å². The summed E-state index contributed by atoms with van der Waals surface area (Å²) in [5.41, 5.74) is -0.840. The molecule has 0 rings (SSSR count). The van der Waals surface area contributed by atoms with Crippen molar-refractivity contribution in [3.8, 4) is 0 Å². The standard InChI is InChI=1S/C7H15O6PS/c1-7(2,5-8)6(9)15-4-3-13-14(10,11)12/h8H,3-5H2,1-2H3,(H2,10,11,12). The maximum absolute atomic E-state index is 11.4. The minimum atomic E-state index is -4.45. The third-order valence-corrected chi connectivity index (χ3v) is 3.23. The van der Waals surface area contributed by atoms with E-state index < -0.39 is 13.2 Å². The Balaban J connectivity index is 3.79. The van der Waals surface area contributed by atoms with Crippen LogP contribution in [-0.4, -0.2) is 39.0 Å². The number of phosphoric ester groups is 1. The second-order valence-corrected chi connectivity index (χ2v) is 5.81. The molecule has 0 aliphatic rings. The van der Waals surface area contributed by atoms with Crippen molar-refractivity contribution in [3.63, 3.8) is 0 Å². The maximum Gasteiger partial charge on any atom is 0.469 e. The van der Waals surface area contributed by atoms with Crippen LogP contribution < -0.4 is 0 Å². The fourth-order valence-corrected chi connectivity index (χ4v) is 1.81. The number of phosphoric acid groups is 1. The number of aliphatic hydroxyl groups is 1. The lowest BCUT2D eigenvalue weighted by Crippen LogP contribution is -2.26. The average molecular weight is 258 g/mol. The summed E-state index contributed by atoms with van der Waals surface area (Å²) < 4.78 is 14.4. The van der Waals surface area contributed by atoms with Gasteiger partial charge >= 0.3 is 7.82 Å². The van der Waals surface area contributed by atoms with Gasteiger partial charge in [0, 0.05) is 5.75 Å². The maximum atomic E-state index is 11.4. The Bertz CT molecular complexity index is 260. The molecule has 0 aromatic carbocycles. The van der Waals surface area contributed by atoms with E-state index in [0.29, 0.717) is 0 Å². The summed E-state index contributed by atoms with van der Waals surface area (Å²) in [6, 6.07) is 0. The van der Waals surface area contributed by atoms with Crippen molar-refractivity contribution in [1.29, 1.82) is 0 Å². The van der Waals surface area contributed by atoms with Gasteiger partial charge in [-0.25, -0.2) is 4.57 Å². The van der Waals surface area contributed by atoms with Crippen molar-refractivity contribution in [1.82, 2.24) is 0 Å². The molecule has 0 saturated carbocycles. The Kier molecular flexibility index (Phi) is 6.02. The molecule has 0 aromatic rings. The van der Waals surface area contributed by atoms with Crippen molar-refractivity contribution >= 4 is 24.7 Å². The number of hydrogen-bond donors (Lipinski definition) is 3. The highest BCUT2D eigenvalue weighted by Gasteiger charge is 2.26. The van der Waals surface area contributed by atoms with E-state index in [-0.39, 0.29) is 24.1 Å². The van der Waals surface area contributed by atoms with E-state index in [0.717, 1.165) is 11.8 Å². The van der Waals surface area contributed by atoms with Crippen LogP contribution >= 0.6 is 19.6 Å². The molecule has 0 aromatic heterocycles. The number of aliphatic hydroxyl groups excluding tert-OH is 1. The largest absolute Gasteiger partial charge is 0.469 e. The van der Waals surface area contributed by atoms with Crippen molar-refractivity contribution in [2.45, 2.75) is 13.8 Å². The van der Waals surface area contributed by atoms with Gasteiger partial charge in [0.2, 0.25) is 0 Å². The van der Waals surface area contributed by atoms with Crippen LogP contribution in [-0.2, 0) is 13.9 Å². The van der Waals surface area contributed by atoms with Gasteiger partial charge in [0.25, 0.3) is 0 Å². The minimum Gasteiger partial charge on any atom is -0.395 e. The van der Waals surface area contributed by atoms with E-state index in [1.54, 1.807) is 13.8 Å². The normalized spacial score (nSPS) is 12.9. The number of carbonyl (C=O) groups excluding carboxylic acids is 1. The van der Waals surface area contributed by atoms with Gasteiger partial charge in [-0.05, 0) is 13.8 Å². The molecule has 0 atom stereocenters. The lowest BCUT2D eigenvalue weighted by atomic mass is 9.97. The van der Waals surface area contributed by atoms with Gasteiger partial charge < -0.3 is 14.9 Å². The molecule has 0 amide bonds. The second kappa shape index (κ2) is 5.98. The molecular weight excluding hydrogens is 243 g/mol. The summed E-state index contributed by atoms with van der Waals surface area (Å²) in [5.74, 6) is 0.146. The van der Waals surface area contributed by atoms with Crippen LogP contribution in [0.3, 0.4) is 0 Å². The lowest BCUT2D eigenvalue weighted by molar-refractivity contribution is -0.119. The molecule has 0 unspecified atom stereocenters. The van der Waals surface area contributed by atoms with Crippen LogP contribution in [0, 0.1) is 5.41 Å². The van der Waals surface area contributed by atoms with Crippen molar-refractivity contribution in [2.75, 3.05) is 19.0 Å². The first-order valence-electron chi connectivity index (χ1n) is 4.17. The number of thioether (sulfide) groups is 1. The minimum absolute atomic E-state index is 0.146. The second-order valence-electron chi connectivity index (χ2n) is 3.50. The van der Waals surface area contributed by atoms with Crippen molar-refractivity contribution in [3.05, 3.63) is 0 Å². The van der Waals surface area contributed by atoms with Gasteiger partial charge in [0.15, 0.2) is 5.12 Å². The zero-order valence-corrected chi connectivity index (χ0v) is 10.3. The summed E-state index contributed by atoms with van der Waals surface area (Å²) in [4.78, 5) is 28.1. The zero-order chi connectivity index (χ0) is 12.1. The SMILES string of the molecule is CC(C)(CO)C(=O)SCCOP(=O)(O)O. The first-order chi connectivity index (χ1) is 6.69. The Morgan fingerprint density at radius 3 is 2.40 bits per heavy atom. The Labute approximate surface area is 92.3 Å². The topological polar surface area (TPSA) is 104 Å². The molecule has 0 heterocycles. The molecule has 0 radical (unpaired) electrons. The van der Waals surface area contributed by atoms with Crippen LogP contribution in [0.2, 0.25) is 0 Å². The first kappa shape index (κ1) is 15.1. The van der Waals surface area contributed by atoms with Crippen LogP contribution in [0.25, 0.3) is 0 Å². The van der Waals surface area contributed by atoms with E-state index in [1.165, 1.54) is 0 Å². The molecule has 0 bridgehead atoms. The molecule has 0 spiro atoms. The van der Waals surface area contributed by atoms with Gasteiger partial charge in [0.05, 0.1) is 18.6 Å². The molecule has 3 N–H and O–H groups in total. The van der Waals surface area contributed by atoms with Crippen LogP contribution in [0.15, 0.2) is 0 Å². The van der Waals surface area contributed by atoms with Gasteiger partial charge in [0.1, 0.15) is 0 Å². The third kappa shape index (κ3) is 7.05. The molecule has 0 saturated heterocycles. The van der Waals surface area contributed by atoms with Gasteiger partial charge in [-0.2, -0.15) is 0 Å². The summed E-state index contributed by atoms with van der Waals surface area (Å²) in [5, 5.41) is 8.62. The smallest absolute Gasteiger partial charge is 0.395 e. The monoisotopic (exact) mass is 258 g/mol. The highest BCUT2D eigenvalue weighted by atomic mass is 32.2. The van der Waals surface area contributed by atoms with Crippen LogP contribution in [0.1, 0.15) is 13.8 Å². The van der Waals surface area contributed by atoms with Crippen molar-refractivity contribution < 1.29 is 28.8 Å². The van der Waals surface area contributed by atoms with E-state index in [4.69, 9.17) is 14.9 Å². The molecule has 6 nitrogen and oxygen atoms in total. The molecule has 0 fully saturated rings. The van der Waals surface area contributed by atoms with Gasteiger partial charge in [-0.3, -0.25) is 9.32 Å². The fourth-order valence-electron chi connectivity index (χ4n) is 0.550. The molecular formula is C7H15O6PS. The molecule has 15 heavy (non-hydrogen) atoms. The summed E-state index contributed by atoms with van der Waals surface area (Å²) in [6.07, 6.45) is 0. The summed E-state index contributed by atoms with van der Waals surface area (Å²) in [6.45, 7) is 2.71. The van der Waals surface area contributed by atoms with E-state index in [2.05, 4.69) is 4.52 Å². The molecule has 0 aliphatic heterocycles. The number of carbonyl (C=O) groups is 1. The Morgan fingerprint density at radius 2 is 2.00 bits per heavy atom. The lowest BCUT2D eigenvalue weighted by Gasteiger charge is -2.18. The van der Waals surface area contributed by atoms with E-state index in [9.17, 15) is 9.36 Å². The predicted octanol–water partition coefficient (Wildman–Crippen LogP) is 0.374. The number of rotatable bonds is 6. The Hall–Kier alpha value is 0.0900. The summed E-state index contributed by atoms with van der Waals surface area (Å²) in [7, 11) is -4.45. The average Bonchev–Trinajstić information content (AvgIpc) is 2.10. The van der Waals surface area contributed by atoms with Gasteiger partial charge in [-0.15, -0.1) is 0 Å². The molecule has 8 heteroatoms. The highest BCUT2D eigenvalue weighted by Crippen LogP contribution is 2.35. The highest BCUT2D eigenvalue weighted by molar-refractivity contribution is 8.13. The van der Waals surface area contributed by atoms with E-state index >= 15 is 0 Å². The first-order valence-corrected chi connectivity index (χ1v) is 6.69. The van der Waals surface area contributed by atoms with Crippen molar-refractivity contribution in [2.24, 2.45) is 5.41 Å². The zero-order valence-electron chi connectivity index (χ0n) is 8.54. The van der Waals surface area contributed by atoms with Gasteiger partial charge in [-0.1, -0.05) is 11.8 Å².